The van der Waals surface area contributed by atoms with Gasteiger partial charge in [-0.3, -0.25) is 4.90 Å². The third kappa shape index (κ3) is 3.86. The Morgan fingerprint density at radius 3 is 2.60 bits per heavy atom. The molecule has 2 unspecified atom stereocenters. The smallest absolute Gasteiger partial charge is 0.0856 e. The van der Waals surface area contributed by atoms with Crippen molar-refractivity contribution in [2.75, 3.05) is 19.7 Å². The van der Waals surface area contributed by atoms with Gasteiger partial charge in [-0.1, -0.05) is 29.3 Å². The molecule has 1 aromatic rings. The van der Waals surface area contributed by atoms with Crippen molar-refractivity contribution in [1.29, 1.82) is 0 Å². The van der Waals surface area contributed by atoms with Crippen molar-refractivity contribution in [2.24, 2.45) is 5.73 Å². The number of hydrogen-bond donors (Lipinski definition) is 1. The lowest BCUT2D eigenvalue weighted by Gasteiger charge is -2.38. The molecule has 1 saturated heterocycles. The molecule has 0 amide bonds. The number of ether oxygens (including phenoxy) is 1. The first-order valence-electron chi connectivity index (χ1n) is 7.03. The van der Waals surface area contributed by atoms with Gasteiger partial charge in [0.15, 0.2) is 0 Å². The zero-order chi connectivity index (χ0) is 14.7. The average molecular weight is 317 g/mol. The van der Waals surface area contributed by atoms with Crippen LogP contribution in [0.5, 0.6) is 0 Å². The molecule has 20 heavy (non-hydrogen) atoms. The Kier molecular flexibility index (Phi) is 5.70. The first-order chi connectivity index (χ1) is 9.49. The van der Waals surface area contributed by atoms with Crippen LogP contribution in [0.3, 0.4) is 0 Å². The average Bonchev–Trinajstić information content (AvgIpc) is 2.43. The van der Waals surface area contributed by atoms with Crippen LogP contribution >= 0.6 is 23.2 Å². The molecule has 112 valence electrons. The highest BCUT2D eigenvalue weighted by atomic mass is 35.5. The van der Waals surface area contributed by atoms with Gasteiger partial charge in [-0.25, -0.2) is 0 Å². The van der Waals surface area contributed by atoms with Gasteiger partial charge in [-0.2, -0.15) is 0 Å². The summed E-state index contributed by atoms with van der Waals surface area (Å²) in [4.78, 5) is 2.39. The summed E-state index contributed by atoms with van der Waals surface area (Å²) in [7, 11) is 0. The normalized spacial score (nSPS) is 22.2. The molecule has 5 heteroatoms. The lowest BCUT2D eigenvalue weighted by atomic mass is 10.0. The maximum Gasteiger partial charge on any atom is 0.0856 e. The summed E-state index contributed by atoms with van der Waals surface area (Å²) in [5.74, 6) is 0. The fourth-order valence-corrected chi connectivity index (χ4v) is 3.07. The Bertz CT molecular complexity index is 433. The molecular weight excluding hydrogens is 295 g/mol. The van der Waals surface area contributed by atoms with Crippen LogP contribution in [0.4, 0.5) is 0 Å². The second-order valence-electron chi connectivity index (χ2n) is 5.57. The van der Waals surface area contributed by atoms with Gasteiger partial charge < -0.3 is 10.5 Å². The topological polar surface area (TPSA) is 38.5 Å². The summed E-state index contributed by atoms with van der Waals surface area (Å²) in [5.41, 5.74) is 7.22. The van der Waals surface area contributed by atoms with Crippen molar-refractivity contribution in [3.8, 4) is 0 Å². The van der Waals surface area contributed by atoms with Gasteiger partial charge in [0.2, 0.25) is 0 Å². The van der Waals surface area contributed by atoms with Crippen LogP contribution in [0.15, 0.2) is 18.2 Å². The molecule has 0 aliphatic carbocycles. The largest absolute Gasteiger partial charge is 0.374 e. The summed E-state index contributed by atoms with van der Waals surface area (Å²) in [5, 5.41) is 1.34. The number of morpholine rings is 1. The molecule has 1 aliphatic rings. The van der Waals surface area contributed by atoms with E-state index < -0.39 is 0 Å². The van der Waals surface area contributed by atoms with Crippen molar-refractivity contribution in [3.63, 3.8) is 0 Å². The highest BCUT2D eigenvalue weighted by Gasteiger charge is 2.27. The molecule has 2 atom stereocenters. The second-order valence-corrected chi connectivity index (χ2v) is 6.38. The standard InChI is InChI=1S/C15H22Cl2N2O/c1-10(2)19-6-7-20-15(9-19)14(18)8-11-12(16)4-3-5-13(11)17/h3-5,10,14-15H,6-9,18H2,1-2H3. The van der Waals surface area contributed by atoms with E-state index in [1.165, 1.54) is 0 Å². The maximum atomic E-state index is 6.31. The maximum absolute atomic E-state index is 6.31. The number of hydrogen-bond acceptors (Lipinski definition) is 3. The number of halogens is 2. The van der Waals surface area contributed by atoms with Crippen molar-refractivity contribution in [2.45, 2.75) is 38.5 Å². The summed E-state index contributed by atoms with van der Waals surface area (Å²) in [6.07, 6.45) is 0.660. The van der Waals surface area contributed by atoms with E-state index in [-0.39, 0.29) is 12.1 Å². The minimum absolute atomic E-state index is 0.0264. The predicted molar refractivity (Wildman–Crippen MR) is 84.6 cm³/mol. The molecule has 1 fully saturated rings. The first kappa shape index (κ1) is 16.1. The fraction of sp³-hybridized carbons (Fsp3) is 0.600. The molecule has 0 bridgehead atoms. The van der Waals surface area contributed by atoms with E-state index in [9.17, 15) is 0 Å². The zero-order valence-corrected chi connectivity index (χ0v) is 13.5. The quantitative estimate of drug-likeness (QED) is 0.928. The highest BCUT2D eigenvalue weighted by Crippen LogP contribution is 2.26. The zero-order valence-electron chi connectivity index (χ0n) is 12.0. The first-order valence-corrected chi connectivity index (χ1v) is 7.78. The lowest BCUT2D eigenvalue weighted by molar-refractivity contribution is -0.0495. The van der Waals surface area contributed by atoms with Gasteiger partial charge in [0, 0.05) is 35.2 Å². The van der Waals surface area contributed by atoms with Crippen LogP contribution in [0.2, 0.25) is 10.0 Å². The number of rotatable bonds is 4. The van der Waals surface area contributed by atoms with Gasteiger partial charge >= 0.3 is 0 Å². The molecule has 1 aliphatic heterocycles. The fourth-order valence-electron chi connectivity index (χ4n) is 2.52. The molecule has 0 aromatic heterocycles. The van der Waals surface area contributed by atoms with E-state index in [1.807, 2.05) is 18.2 Å². The molecule has 0 spiro atoms. The van der Waals surface area contributed by atoms with E-state index in [2.05, 4.69) is 18.7 Å². The van der Waals surface area contributed by atoms with E-state index in [1.54, 1.807) is 0 Å². The summed E-state index contributed by atoms with van der Waals surface area (Å²) >= 11 is 12.4. The van der Waals surface area contributed by atoms with Crippen LogP contribution in [-0.4, -0.2) is 42.8 Å². The second kappa shape index (κ2) is 7.10. The van der Waals surface area contributed by atoms with E-state index >= 15 is 0 Å². The number of nitrogens with zero attached hydrogens (tertiary/aromatic N) is 1. The minimum Gasteiger partial charge on any atom is -0.374 e. The minimum atomic E-state index is -0.103. The van der Waals surface area contributed by atoms with Crippen LogP contribution in [-0.2, 0) is 11.2 Å². The van der Waals surface area contributed by atoms with E-state index in [0.29, 0.717) is 22.5 Å². The van der Waals surface area contributed by atoms with Gasteiger partial charge in [-0.15, -0.1) is 0 Å². The Balaban J connectivity index is 2.02. The lowest BCUT2D eigenvalue weighted by Crippen LogP contribution is -2.53. The molecule has 0 radical (unpaired) electrons. The van der Waals surface area contributed by atoms with Gasteiger partial charge in [0.1, 0.15) is 0 Å². The summed E-state index contributed by atoms with van der Waals surface area (Å²) in [6, 6.07) is 5.94. The SMILES string of the molecule is CC(C)N1CCOC(C(N)Cc2c(Cl)cccc2Cl)C1. The molecule has 2 N–H and O–H groups in total. The van der Waals surface area contributed by atoms with E-state index in [4.69, 9.17) is 33.7 Å². The third-order valence-electron chi connectivity index (χ3n) is 3.83. The Hall–Kier alpha value is -0.320. The molecule has 0 saturated carbocycles. The van der Waals surface area contributed by atoms with Gasteiger partial charge in [0.05, 0.1) is 12.7 Å². The summed E-state index contributed by atoms with van der Waals surface area (Å²) in [6.45, 7) is 6.94. The molecule has 1 aromatic carbocycles. The van der Waals surface area contributed by atoms with Gasteiger partial charge in [-0.05, 0) is 38.0 Å². The molecule has 3 nitrogen and oxygen atoms in total. The Morgan fingerprint density at radius 1 is 1.35 bits per heavy atom. The predicted octanol–water partition coefficient (Wildman–Crippen LogP) is 2.97. The highest BCUT2D eigenvalue weighted by molar-refractivity contribution is 6.36. The van der Waals surface area contributed by atoms with Crippen LogP contribution in [0, 0.1) is 0 Å². The Morgan fingerprint density at radius 2 is 2.00 bits per heavy atom. The van der Waals surface area contributed by atoms with Crippen molar-refractivity contribution in [3.05, 3.63) is 33.8 Å². The van der Waals surface area contributed by atoms with Crippen LogP contribution in [0.1, 0.15) is 19.4 Å². The molecule has 1 heterocycles. The molecule has 2 rings (SSSR count). The number of nitrogens with two attached hydrogens (primary N) is 1. The third-order valence-corrected chi connectivity index (χ3v) is 4.54. The van der Waals surface area contributed by atoms with Crippen molar-refractivity contribution < 1.29 is 4.74 Å². The Labute approximate surface area is 131 Å². The summed E-state index contributed by atoms with van der Waals surface area (Å²) < 4.78 is 5.82. The van der Waals surface area contributed by atoms with E-state index in [0.717, 1.165) is 25.3 Å². The monoisotopic (exact) mass is 316 g/mol. The van der Waals surface area contributed by atoms with Gasteiger partial charge in [0.25, 0.3) is 0 Å². The number of benzene rings is 1. The van der Waals surface area contributed by atoms with Crippen LogP contribution < -0.4 is 5.73 Å². The van der Waals surface area contributed by atoms with Crippen molar-refractivity contribution in [1.82, 2.24) is 4.90 Å². The molecular formula is C15H22Cl2N2O. The van der Waals surface area contributed by atoms with Crippen LogP contribution in [0.25, 0.3) is 0 Å². The van der Waals surface area contributed by atoms with Crippen molar-refractivity contribution >= 4 is 23.2 Å².